The molecule has 0 radical (unpaired) electrons. The summed E-state index contributed by atoms with van der Waals surface area (Å²) in [6.07, 6.45) is 88.8. The summed E-state index contributed by atoms with van der Waals surface area (Å²) >= 11 is 0. The van der Waals surface area contributed by atoms with Gasteiger partial charge < -0.3 is 33.3 Å². The number of carbonyl (C=O) groups is 3. The number of allylic oxidation sites excluding steroid dienone is 18. The van der Waals surface area contributed by atoms with Crippen LogP contribution in [0.2, 0.25) is 0 Å². The molecule has 0 bridgehead atoms. The van der Waals surface area contributed by atoms with Crippen LogP contribution < -0.4 is 5.11 Å². The second-order valence-corrected chi connectivity index (χ2v) is 24.4. The van der Waals surface area contributed by atoms with E-state index in [0.717, 1.165) is 89.9 Å². The molecule has 2 atom stereocenters. The van der Waals surface area contributed by atoms with E-state index in [1.54, 1.807) is 0 Å². The van der Waals surface area contributed by atoms with Gasteiger partial charge in [-0.05, 0) is 103 Å². The molecule has 85 heavy (non-hydrogen) atoms. The van der Waals surface area contributed by atoms with E-state index >= 15 is 0 Å². The van der Waals surface area contributed by atoms with E-state index in [2.05, 4.69) is 123 Å². The molecule has 0 rings (SSSR count). The van der Waals surface area contributed by atoms with E-state index in [4.69, 9.17) is 18.9 Å². The average molecular weight is 1190 g/mol. The number of likely N-dealkylation sites (N-methyl/N-ethyl adjacent to an activating group) is 1. The zero-order valence-electron chi connectivity index (χ0n) is 55.7. The van der Waals surface area contributed by atoms with Gasteiger partial charge in [-0.3, -0.25) is 9.59 Å². The van der Waals surface area contributed by atoms with E-state index in [1.165, 1.54) is 173 Å². The Morgan fingerprint density at radius 3 is 1.00 bits per heavy atom. The van der Waals surface area contributed by atoms with Crippen LogP contribution in [0.4, 0.5) is 0 Å². The van der Waals surface area contributed by atoms with Crippen LogP contribution in [-0.4, -0.2) is 82.3 Å². The van der Waals surface area contributed by atoms with Gasteiger partial charge in [0.2, 0.25) is 0 Å². The summed E-state index contributed by atoms with van der Waals surface area (Å²) in [5.74, 6) is -2.28. The van der Waals surface area contributed by atoms with Crippen molar-refractivity contribution in [1.82, 2.24) is 0 Å². The fourth-order valence-electron chi connectivity index (χ4n) is 9.67. The van der Waals surface area contributed by atoms with Crippen LogP contribution in [0.25, 0.3) is 0 Å². The van der Waals surface area contributed by atoms with Crippen LogP contribution >= 0.6 is 0 Å². The highest BCUT2D eigenvalue weighted by Crippen LogP contribution is 2.17. The van der Waals surface area contributed by atoms with Crippen LogP contribution in [0, 0.1) is 0 Å². The first-order chi connectivity index (χ1) is 41.6. The lowest BCUT2D eigenvalue weighted by atomic mass is 10.0. The molecular formula is C76H131NO8. The standard InChI is InChI=1S/C76H131NO8/c1-6-8-10-12-14-16-18-20-22-24-26-28-30-31-32-33-34-35-36-37-38-39-40-41-42-43-45-47-49-51-53-55-57-59-61-63-65-67-74(79)85-72(71-84-76(75(80)81)82-69-68-77(3,4)5)70-83-73(78)66-64-62-60-58-56-54-52-50-48-46-44-29-27-25-23-21-19-17-15-13-11-9-7-2/h8,10,14,16,19-22,25-28,31-32,34-35,37-38,72,76H,6-7,9,11-13,15,17-18,23-24,29-30,33,36,39-71H2,1-5H3/b10-8-,16-14-,21-19-,22-20-,27-25-,28-26-,32-31-,35-34-,38-37-. The number of quaternary nitrogens is 1. The molecule has 0 aromatic heterocycles. The van der Waals surface area contributed by atoms with Gasteiger partial charge in [-0.1, -0.05) is 290 Å². The highest BCUT2D eigenvalue weighted by Gasteiger charge is 2.22. The molecule has 0 N–H and O–H groups in total. The van der Waals surface area contributed by atoms with Gasteiger partial charge in [-0.2, -0.15) is 0 Å². The molecule has 9 heteroatoms. The first-order valence-corrected chi connectivity index (χ1v) is 35.0. The van der Waals surface area contributed by atoms with Gasteiger partial charge in [0.25, 0.3) is 0 Å². The monoisotopic (exact) mass is 1190 g/mol. The minimum Gasteiger partial charge on any atom is -0.545 e. The van der Waals surface area contributed by atoms with E-state index in [9.17, 15) is 19.5 Å². The summed E-state index contributed by atoms with van der Waals surface area (Å²) in [5.41, 5.74) is 0. The summed E-state index contributed by atoms with van der Waals surface area (Å²) in [6, 6.07) is 0. The maximum Gasteiger partial charge on any atom is 0.306 e. The minimum atomic E-state index is -1.63. The van der Waals surface area contributed by atoms with Crippen molar-refractivity contribution in [2.75, 3.05) is 47.5 Å². The molecule has 0 aromatic rings. The van der Waals surface area contributed by atoms with Crippen molar-refractivity contribution in [2.24, 2.45) is 0 Å². The smallest absolute Gasteiger partial charge is 0.306 e. The van der Waals surface area contributed by atoms with E-state index in [-0.39, 0.29) is 38.6 Å². The molecule has 0 saturated carbocycles. The third kappa shape index (κ3) is 67.3. The number of carbonyl (C=O) groups excluding carboxylic acids is 3. The van der Waals surface area contributed by atoms with Crippen molar-refractivity contribution in [3.8, 4) is 0 Å². The number of hydrogen-bond donors (Lipinski definition) is 0. The van der Waals surface area contributed by atoms with Crippen molar-refractivity contribution < 1.29 is 42.9 Å². The van der Waals surface area contributed by atoms with Crippen LogP contribution in [-0.2, 0) is 33.3 Å². The Morgan fingerprint density at radius 2 is 0.671 bits per heavy atom. The van der Waals surface area contributed by atoms with E-state index < -0.39 is 24.3 Å². The summed E-state index contributed by atoms with van der Waals surface area (Å²) < 4.78 is 22.8. The Bertz CT molecular complexity index is 1760. The Labute approximate surface area is 524 Å². The van der Waals surface area contributed by atoms with Gasteiger partial charge in [0.15, 0.2) is 12.4 Å². The molecule has 0 aliphatic carbocycles. The number of carboxylic acid groups (broad SMARTS) is 1. The van der Waals surface area contributed by atoms with Gasteiger partial charge in [-0.25, -0.2) is 0 Å². The maximum atomic E-state index is 12.9. The summed E-state index contributed by atoms with van der Waals surface area (Å²) in [5, 5.41) is 11.8. The van der Waals surface area contributed by atoms with Crippen LogP contribution in [0.1, 0.15) is 296 Å². The second-order valence-electron chi connectivity index (χ2n) is 24.4. The SMILES string of the molecule is CC/C=C\C/C=C\C/C=C\C/C=C\C/C=C\C/C=C\C/C=C\CCCCCCCCCCCCCCCCCC(=O)OC(COC(=O)CCCCCCCCCCCCC/C=C\C/C=C\CCCCCCC)COC(OCC[N+](C)(C)C)C(=O)[O-]. The van der Waals surface area contributed by atoms with Gasteiger partial charge in [0.05, 0.1) is 40.3 Å². The number of ether oxygens (including phenoxy) is 4. The zero-order valence-corrected chi connectivity index (χ0v) is 55.7. The molecule has 0 amide bonds. The number of aliphatic carboxylic acids is 1. The van der Waals surface area contributed by atoms with Crippen molar-refractivity contribution in [2.45, 2.75) is 309 Å². The number of rotatable bonds is 64. The zero-order chi connectivity index (χ0) is 61.9. The largest absolute Gasteiger partial charge is 0.545 e. The topological polar surface area (TPSA) is 111 Å². The van der Waals surface area contributed by atoms with Gasteiger partial charge in [-0.15, -0.1) is 0 Å². The lowest BCUT2D eigenvalue weighted by molar-refractivity contribution is -0.870. The summed E-state index contributed by atoms with van der Waals surface area (Å²) in [4.78, 5) is 37.5. The molecule has 0 aliphatic heterocycles. The molecule has 0 saturated heterocycles. The van der Waals surface area contributed by atoms with Crippen molar-refractivity contribution in [3.63, 3.8) is 0 Å². The van der Waals surface area contributed by atoms with Crippen molar-refractivity contribution >= 4 is 17.9 Å². The quantitative estimate of drug-likeness (QED) is 0.0195. The Hall–Kier alpha value is -4.05. The van der Waals surface area contributed by atoms with Gasteiger partial charge in [0, 0.05) is 12.8 Å². The Kier molecular flexibility index (Phi) is 62.8. The highest BCUT2D eigenvalue weighted by atomic mass is 16.7. The molecular weight excluding hydrogens is 1050 g/mol. The van der Waals surface area contributed by atoms with E-state index in [0.29, 0.717) is 17.4 Å². The fraction of sp³-hybridized carbons (Fsp3) is 0.724. The number of unbranched alkanes of at least 4 members (excludes halogenated alkanes) is 31. The summed E-state index contributed by atoms with van der Waals surface area (Å²) in [7, 11) is 5.93. The number of nitrogens with zero attached hydrogens (tertiary/aromatic N) is 1. The fourth-order valence-corrected chi connectivity index (χ4v) is 9.67. The first kappa shape index (κ1) is 81.0. The van der Waals surface area contributed by atoms with Gasteiger partial charge in [0.1, 0.15) is 13.2 Å². The molecule has 0 fully saturated rings. The normalized spacial score (nSPS) is 13.4. The number of esters is 2. The Morgan fingerprint density at radius 1 is 0.365 bits per heavy atom. The van der Waals surface area contributed by atoms with Crippen molar-refractivity contribution in [3.05, 3.63) is 109 Å². The average Bonchev–Trinajstić information content (AvgIpc) is 3.48. The molecule has 0 aliphatic rings. The first-order valence-electron chi connectivity index (χ1n) is 35.0. The lowest BCUT2D eigenvalue weighted by Crippen LogP contribution is -2.44. The van der Waals surface area contributed by atoms with Crippen LogP contribution in [0.3, 0.4) is 0 Å². The molecule has 488 valence electrons. The predicted molar refractivity (Wildman–Crippen MR) is 361 cm³/mol. The third-order valence-corrected chi connectivity index (χ3v) is 15.0. The molecule has 0 aromatic carbocycles. The predicted octanol–water partition coefficient (Wildman–Crippen LogP) is 20.5. The molecule has 2 unspecified atom stereocenters. The highest BCUT2D eigenvalue weighted by molar-refractivity contribution is 5.70. The number of hydrogen-bond acceptors (Lipinski definition) is 8. The molecule has 0 spiro atoms. The molecule has 9 nitrogen and oxygen atoms in total. The molecule has 0 heterocycles. The Balaban J connectivity index is 4.11. The summed E-state index contributed by atoms with van der Waals surface area (Å²) in [6.45, 7) is 4.64. The maximum absolute atomic E-state index is 12.9. The van der Waals surface area contributed by atoms with Crippen LogP contribution in [0.15, 0.2) is 109 Å². The van der Waals surface area contributed by atoms with E-state index in [1.807, 2.05) is 21.1 Å². The van der Waals surface area contributed by atoms with Crippen molar-refractivity contribution in [1.29, 1.82) is 0 Å². The van der Waals surface area contributed by atoms with Crippen LogP contribution in [0.5, 0.6) is 0 Å². The van der Waals surface area contributed by atoms with Gasteiger partial charge >= 0.3 is 11.9 Å². The third-order valence-electron chi connectivity index (χ3n) is 15.0. The number of carboxylic acids is 1. The minimum absolute atomic E-state index is 0.144. The lowest BCUT2D eigenvalue weighted by Gasteiger charge is -2.26. The second kappa shape index (κ2) is 65.9.